The molecule has 4 aliphatic carbocycles. The van der Waals surface area contributed by atoms with Crippen molar-refractivity contribution in [2.45, 2.75) is 58.4 Å². The Balaban J connectivity index is 1.33. The van der Waals surface area contributed by atoms with Gasteiger partial charge in [-0.25, -0.2) is 4.79 Å². The maximum absolute atomic E-state index is 12.9. The lowest BCUT2D eigenvalue weighted by Gasteiger charge is -2.57. The van der Waals surface area contributed by atoms with Crippen molar-refractivity contribution in [3.63, 3.8) is 0 Å². The van der Waals surface area contributed by atoms with Gasteiger partial charge in [-0.2, -0.15) is 0 Å². The largest absolute Gasteiger partial charge is 0.354 e. The van der Waals surface area contributed by atoms with Gasteiger partial charge in [-0.1, -0.05) is 32.0 Å². The quantitative estimate of drug-likeness (QED) is 0.690. The summed E-state index contributed by atoms with van der Waals surface area (Å²) in [5, 5.41) is 8.87. The number of nitrogens with one attached hydrogen (secondary N) is 3. The number of benzene rings is 1. The minimum absolute atomic E-state index is 0.0258. The molecule has 4 bridgehead atoms. The van der Waals surface area contributed by atoms with Crippen molar-refractivity contribution in [1.29, 1.82) is 0 Å². The van der Waals surface area contributed by atoms with Gasteiger partial charge < -0.3 is 16.0 Å². The first-order valence-electron chi connectivity index (χ1n) is 10.8. The van der Waals surface area contributed by atoms with Gasteiger partial charge in [0.25, 0.3) is 0 Å². The highest BCUT2D eigenvalue weighted by Crippen LogP contribution is 2.59. The van der Waals surface area contributed by atoms with E-state index in [0.29, 0.717) is 5.41 Å². The van der Waals surface area contributed by atoms with Crippen LogP contribution in [0.1, 0.15) is 52.4 Å². The summed E-state index contributed by atoms with van der Waals surface area (Å²) in [5.74, 6) is 2.59. The van der Waals surface area contributed by atoms with Crippen molar-refractivity contribution in [2.24, 2.45) is 29.1 Å². The summed E-state index contributed by atoms with van der Waals surface area (Å²) in [6.45, 7) is 4.70. The summed E-state index contributed by atoms with van der Waals surface area (Å²) < 4.78 is 0. The molecule has 4 fully saturated rings. The first kappa shape index (κ1) is 19.3. The van der Waals surface area contributed by atoms with Gasteiger partial charge in [0.2, 0.25) is 5.91 Å². The average molecular weight is 384 g/mol. The summed E-state index contributed by atoms with van der Waals surface area (Å²) >= 11 is 0. The van der Waals surface area contributed by atoms with Gasteiger partial charge in [0.05, 0.1) is 0 Å². The van der Waals surface area contributed by atoms with Crippen LogP contribution in [0.4, 0.5) is 10.5 Å². The number of hydrogen-bond donors (Lipinski definition) is 3. The van der Waals surface area contributed by atoms with Crippen molar-refractivity contribution in [2.75, 3.05) is 11.9 Å². The van der Waals surface area contributed by atoms with E-state index in [2.05, 4.69) is 16.0 Å². The minimum Gasteiger partial charge on any atom is -0.354 e. The van der Waals surface area contributed by atoms with Crippen LogP contribution in [0.15, 0.2) is 30.3 Å². The van der Waals surface area contributed by atoms with Crippen molar-refractivity contribution in [1.82, 2.24) is 10.6 Å². The van der Waals surface area contributed by atoms with E-state index in [1.807, 2.05) is 44.2 Å². The fourth-order valence-electron chi connectivity index (χ4n) is 6.26. The van der Waals surface area contributed by atoms with E-state index in [0.717, 1.165) is 30.0 Å². The number of rotatable bonds is 6. The second-order valence-electron chi connectivity index (χ2n) is 9.82. The highest BCUT2D eigenvalue weighted by atomic mass is 16.2. The molecule has 0 radical (unpaired) electrons. The second-order valence-corrected chi connectivity index (χ2v) is 9.82. The Bertz CT molecular complexity index is 681. The van der Waals surface area contributed by atoms with E-state index in [1.54, 1.807) is 0 Å². The number of hydrogen-bond acceptors (Lipinski definition) is 2. The predicted molar refractivity (Wildman–Crippen MR) is 111 cm³/mol. The van der Waals surface area contributed by atoms with Crippen LogP contribution in [0.5, 0.6) is 0 Å². The summed E-state index contributed by atoms with van der Waals surface area (Å²) in [6, 6.07) is 8.43. The maximum Gasteiger partial charge on any atom is 0.319 e. The highest BCUT2D eigenvalue weighted by Gasteiger charge is 2.50. The third-order valence-electron chi connectivity index (χ3n) is 7.07. The van der Waals surface area contributed by atoms with Crippen LogP contribution in [0.2, 0.25) is 0 Å². The van der Waals surface area contributed by atoms with E-state index in [4.69, 9.17) is 0 Å². The van der Waals surface area contributed by atoms with Gasteiger partial charge in [0.15, 0.2) is 0 Å². The number of amides is 3. The number of anilines is 1. The summed E-state index contributed by atoms with van der Waals surface area (Å²) in [6.07, 6.45) is 8.03. The summed E-state index contributed by atoms with van der Waals surface area (Å²) in [7, 11) is 0. The molecule has 0 heterocycles. The SMILES string of the molecule is CC(C)C(NC(=O)Nc1ccccc1)C(=O)NCC12CC3CC(CC(C3)C1)C2. The summed E-state index contributed by atoms with van der Waals surface area (Å²) in [5.41, 5.74) is 1.02. The zero-order chi connectivity index (χ0) is 19.7. The second kappa shape index (κ2) is 7.76. The lowest BCUT2D eigenvalue weighted by atomic mass is 9.49. The molecule has 1 aromatic rings. The molecule has 4 aliphatic rings. The van der Waals surface area contributed by atoms with Crippen LogP contribution in [-0.4, -0.2) is 24.5 Å². The van der Waals surface area contributed by atoms with Crippen LogP contribution < -0.4 is 16.0 Å². The van der Waals surface area contributed by atoms with Gasteiger partial charge in [-0.15, -0.1) is 0 Å². The molecule has 1 atom stereocenters. The fourth-order valence-corrected chi connectivity index (χ4v) is 6.26. The van der Waals surface area contributed by atoms with Gasteiger partial charge >= 0.3 is 6.03 Å². The molecule has 1 unspecified atom stereocenters. The first-order chi connectivity index (χ1) is 13.4. The molecule has 0 spiro atoms. The molecule has 0 saturated heterocycles. The smallest absolute Gasteiger partial charge is 0.319 e. The Hall–Kier alpha value is -2.04. The van der Waals surface area contributed by atoms with E-state index >= 15 is 0 Å². The molecular weight excluding hydrogens is 350 g/mol. The Morgan fingerprint density at radius 1 is 1.00 bits per heavy atom. The molecule has 1 aromatic carbocycles. The Labute approximate surface area is 168 Å². The molecule has 5 nitrogen and oxygen atoms in total. The van der Waals surface area contributed by atoms with Crippen molar-refractivity contribution in [3.05, 3.63) is 30.3 Å². The van der Waals surface area contributed by atoms with Crippen molar-refractivity contribution >= 4 is 17.6 Å². The Morgan fingerprint density at radius 3 is 2.11 bits per heavy atom. The lowest BCUT2D eigenvalue weighted by Crippen LogP contribution is -2.55. The first-order valence-corrected chi connectivity index (χ1v) is 10.8. The summed E-state index contributed by atoms with van der Waals surface area (Å²) in [4.78, 5) is 25.3. The topological polar surface area (TPSA) is 70.2 Å². The number of urea groups is 1. The monoisotopic (exact) mass is 383 g/mol. The minimum atomic E-state index is -0.530. The van der Waals surface area contributed by atoms with Crippen LogP contribution in [0.25, 0.3) is 0 Å². The highest BCUT2D eigenvalue weighted by molar-refractivity contribution is 5.93. The van der Waals surface area contributed by atoms with Crippen molar-refractivity contribution < 1.29 is 9.59 Å². The van der Waals surface area contributed by atoms with Gasteiger partial charge in [0, 0.05) is 12.2 Å². The molecule has 28 heavy (non-hydrogen) atoms. The average Bonchev–Trinajstić information content (AvgIpc) is 2.64. The molecule has 152 valence electrons. The van der Waals surface area contributed by atoms with Crippen molar-refractivity contribution in [3.8, 4) is 0 Å². The molecule has 3 N–H and O–H groups in total. The zero-order valence-corrected chi connectivity index (χ0v) is 17.0. The lowest BCUT2D eigenvalue weighted by molar-refractivity contribution is -0.126. The van der Waals surface area contributed by atoms with Crippen LogP contribution >= 0.6 is 0 Å². The molecular formula is C23H33N3O2. The number of para-hydroxylation sites is 1. The number of carbonyl (C=O) groups excluding carboxylic acids is 2. The molecule has 5 rings (SSSR count). The van der Waals surface area contributed by atoms with Gasteiger partial charge in [-0.05, 0) is 79.7 Å². The molecule has 0 aliphatic heterocycles. The zero-order valence-electron chi connectivity index (χ0n) is 17.0. The van der Waals surface area contributed by atoms with Crippen LogP contribution in [0, 0.1) is 29.1 Å². The fraction of sp³-hybridized carbons (Fsp3) is 0.652. The maximum atomic E-state index is 12.9. The van der Waals surface area contributed by atoms with E-state index in [-0.39, 0.29) is 17.9 Å². The van der Waals surface area contributed by atoms with Gasteiger partial charge in [-0.3, -0.25) is 4.79 Å². The predicted octanol–water partition coefficient (Wildman–Crippen LogP) is 4.17. The standard InChI is InChI=1S/C23H33N3O2/c1-15(2)20(26-22(28)25-19-6-4-3-5-7-19)21(27)24-14-23-11-16-8-17(12-23)10-18(9-16)13-23/h3-7,15-18,20H,8-14H2,1-2H3,(H,24,27)(H2,25,26,28). The Kier molecular flexibility index (Phi) is 5.35. The van der Waals surface area contributed by atoms with E-state index in [1.165, 1.54) is 38.5 Å². The molecule has 4 saturated carbocycles. The molecule has 5 heteroatoms. The van der Waals surface area contributed by atoms with E-state index in [9.17, 15) is 9.59 Å². The third kappa shape index (κ3) is 4.18. The Morgan fingerprint density at radius 2 is 1.57 bits per heavy atom. The van der Waals surface area contributed by atoms with Crippen LogP contribution in [-0.2, 0) is 4.79 Å². The third-order valence-corrected chi connectivity index (χ3v) is 7.07. The normalized spacial score (nSPS) is 31.5. The van der Waals surface area contributed by atoms with Gasteiger partial charge in [0.1, 0.15) is 6.04 Å². The molecule has 3 amide bonds. The number of carbonyl (C=O) groups is 2. The van der Waals surface area contributed by atoms with E-state index < -0.39 is 6.04 Å². The molecule has 0 aromatic heterocycles. The van der Waals surface area contributed by atoms with Crippen LogP contribution in [0.3, 0.4) is 0 Å².